The molecule has 0 unspecified atom stereocenters. The molecule has 5 heteroatoms. The summed E-state index contributed by atoms with van der Waals surface area (Å²) in [4.78, 5) is 14.8. The van der Waals surface area contributed by atoms with Crippen molar-refractivity contribution in [1.29, 1.82) is 5.26 Å². The predicted octanol–water partition coefficient (Wildman–Crippen LogP) is 1.59. The Balaban J connectivity index is 2.65. The first-order valence-electron chi connectivity index (χ1n) is 4.21. The third kappa shape index (κ3) is 1.53. The third-order valence-electron chi connectivity index (χ3n) is 1.92. The van der Waals surface area contributed by atoms with Crippen LogP contribution in [0.2, 0.25) is 0 Å². The second-order valence-electron chi connectivity index (χ2n) is 2.90. The largest absolute Gasteiger partial charge is 0.478 e. The number of nitriles is 1. The van der Waals surface area contributed by atoms with Crippen molar-refractivity contribution in [2.24, 2.45) is 0 Å². The molecule has 0 fully saturated rings. The second kappa shape index (κ2) is 3.42. The van der Waals surface area contributed by atoms with E-state index in [4.69, 9.17) is 14.8 Å². The van der Waals surface area contributed by atoms with E-state index in [0.717, 1.165) is 0 Å². The van der Waals surface area contributed by atoms with Crippen molar-refractivity contribution in [2.75, 3.05) is 0 Å². The number of benzene rings is 1. The van der Waals surface area contributed by atoms with E-state index in [1.54, 1.807) is 12.1 Å². The van der Waals surface area contributed by atoms with Crippen LogP contribution in [0.3, 0.4) is 0 Å². The summed E-state index contributed by atoms with van der Waals surface area (Å²) in [6.45, 7) is 0. The molecule has 74 valence electrons. The summed E-state index contributed by atoms with van der Waals surface area (Å²) < 4.78 is 5.20. The Morgan fingerprint density at radius 1 is 1.60 bits per heavy atom. The van der Waals surface area contributed by atoms with Crippen LogP contribution < -0.4 is 0 Å². The Labute approximate surface area is 84.6 Å². The summed E-state index contributed by atoms with van der Waals surface area (Å²) in [5.74, 6) is -0.821. The zero-order valence-electron chi connectivity index (χ0n) is 7.60. The van der Waals surface area contributed by atoms with Crippen molar-refractivity contribution in [1.82, 2.24) is 4.98 Å². The van der Waals surface area contributed by atoms with Crippen molar-refractivity contribution in [3.8, 4) is 6.07 Å². The molecule has 0 saturated carbocycles. The lowest BCUT2D eigenvalue weighted by Gasteiger charge is -1.92. The number of fused-ring (bicyclic) bond motifs is 1. The second-order valence-corrected chi connectivity index (χ2v) is 2.90. The molecule has 0 spiro atoms. The number of nitrogens with zero attached hydrogens (tertiary/aromatic N) is 2. The number of rotatable bonds is 2. The highest BCUT2D eigenvalue weighted by Crippen LogP contribution is 2.19. The Morgan fingerprint density at radius 3 is 3.07 bits per heavy atom. The van der Waals surface area contributed by atoms with Gasteiger partial charge in [-0.1, -0.05) is 6.07 Å². The summed E-state index contributed by atoms with van der Waals surface area (Å²) in [5, 5.41) is 17.3. The number of hydrogen-bond donors (Lipinski definition) is 1. The summed E-state index contributed by atoms with van der Waals surface area (Å²) in [6.07, 6.45) is 0.0355. The maximum Gasteiger partial charge on any atom is 0.338 e. The molecule has 0 aliphatic rings. The Bertz CT molecular complexity index is 566. The van der Waals surface area contributed by atoms with E-state index in [9.17, 15) is 4.79 Å². The molecule has 1 heterocycles. The molecule has 0 atom stereocenters. The highest BCUT2D eigenvalue weighted by molar-refractivity contribution is 6.00. The average molecular weight is 202 g/mol. The molecule has 0 amide bonds. The van der Waals surface area contributed by atoms with Crippen LogP contribution in [0.1, 0.15) is 16.2 Å². The molecule has 2 rings (SSSR count). The highest BCUT2D eigenvalue weighted by Gasteiger charge is 2.13. The van der Waals surface area contributed by atoms with Gasteiger partial charge < -0.3 is 9.52 Å². The van der Waals surface area contributed by atoms with E-state index >= 15 is 0 Å². The van der Waals surface area contributed by atoms with Crippen molar-refractivity contribution < 1.29 is 14.3 Å². The fraction of sp³-hybridized carbons (Fsp3) is 0.100. The number of hydrogen-bond acceptors (Lipinski definition) is 4. The molecular formula is C10H6N2O3. The van der Waals surface area contributed by atoms with Crippen LogP contribution in [0.5, 0.6) is 0 Å². The van der Waals surface area contributed by atoms with Gasteiger partial charge in [0.15, 0.2) is 5.58 Å². The fourth-order valence-electron chi connectivity index (χ4n) is 1.31. The molecule has 0 radical (unpaired) electrons. The lowest BCUT2D eigenvalue weighted by Crippen LogP contribution is -1.96. The van der Waals surface area contributed by atoms with Gasteiger partial charge in [-0.25, -0.2) is 9.78 Å². The van der Waals surface area contributed by atoms with Crippen molar-refractivity contribution >= 4 is 17.1 Å². The number of para-hydroxylation sites is 1. The summed E-state index contributed by atoms with van der Waals surface area (Å²) >= 11 is 0. The molecule has 1 aromatic carbocycles. The number of carboxylic acid groups (broad SMARTS) is 1. The summed E-state index contributed by atoms with van der Waals surface area (Å²) in [7, 11) is 0. The first-order valence-corrected chi connectivity index (χ1v) is 4.21. The summed E-state index contributed by atoms with van der Waals surface area (Å²) in [5.41, 5.74) is 0.760. The smallest absolute Gasteiger partial charge is 0.338 e. The first kappa shape index (κ1) is 9.21. The minimum Gasteiger partial charge on any atom is -0.478 e. The normalized spacial score (nSPS) is 10.1. The zero-order valence-corrected chi connectivity index (χ0v) is 7.60. The van der Waals surface area contributed by atoms with Gasteiger partial charge in [-0.05, 0) is 12.1 Å². The van der Waals surface area contributed by atoms with Gasteiger partial charge in [0.2, 0.25) is 5.89 Å². The van der Waals surface area contributed by atoms with Crippen LogP contribution in [0.15, 0.2) is 22.6 Å². The first-order chi connectivity index (χ1) is 7.22. The average Bonchev–Trinajstić information content (AvgIpc) is 2.59. The van der Waals surface area contributed by atoms with Crippen molar-refractivity contribution in [2.45, 2.75) is 6.42 Å². The van der Waals surface area contributed by atoms with Crippen LogP contribution in [0.4, 0.5) is 0 Å². The number of oxazole rings is 1. The molecule has 0 aliphatic heterocycles. The van der Waals surface area contributed by atoms with E-state index in [1.807, 2.05) is 6.07 Å². The topological polar surface area (TPSA) is 87.1 Å². The minimum atomic E-state index is -1.06. The van der Waals surface area contributed by atoms with Gasteiger partial charge in [0.05, 0.1) is 11.6 Å². The maximum atomic E-state index is 10.8. The lowest BCUT2D eigenvalue weighted by molar-refractivity contribution is 0.0699. The van der Waals surface area contributed by atoms with Gasteiger partial charge in [0, 0.05) is 0 Å². The van der Waals surface area contributed by atoms with Crippen molar-refractivity contribution in [3.63, 3.8) is 0 Å². The van der Waals surface area contributed by atoms with Crippen LogP contribution in [0.25, 0.3) is 11.1 Å². The third-order valence-corrected chi connectivity index (χ3v) is 1.92. The maximum absolute atomic E-state index is 10.8. The number of carboxylic acids is 1. The number of aromatic nitrogens is 1. The Morgan fingerprint density at radius 2 is 2.40 bits per heavy atom. The molecule has 15 heavy (non-hydrogen) atoms. The van der Waals surface area contributed by atoms with Gasteiger partial charge in [0.25, 0.3) is 0 Å². The van der Waals surface area contributed by atoms with Gasteiger partial charge in [-0.3, -0.25) is 0 Å². The van der Waals surface area contributed by atoms with Crippen LogP contribution in [0, 0.1) is 11.3 Å². The highest BCUT2D eigenvalue weighted by atomic mass is 16.4. The quantitative estimate of drug-likeness (QED) is 0.798. The minimum absolute atomic E-state index is 0.0355. The number of carbonyl (C=O) groups is 1. The fourth-order valence-corrected chi connectivity index (χ4v) is 1.31. The van der Waals surface area contributed by atoms with Crippen molar-refractivity contribution in [3.05, 3.63) is 29.7 Å². The molecule has 5 nitrogen and oxygen atoms in total. The van der Waals surface area contributed by atoms with Gasteiger partial charge in [-0.15, -0.1) is 0 Å². The monoisotopic (exact) mass is 202 g/mol. The van der Waals surface area contributed by atoms with E-state index in [1.165, 1.54) is 6.07 Å². The molecular weight excluding hydrogens is 196 g/mol. The van der Waals surface area contributed by atoms with Gasteiger partial charge in [-0.2, -0.15) is 5.26 Å². The standard InChI is InChI=1S/C10H6N2O3/c11-5-4-8-12-9-6(10(13)14)2-1-3-7(9)15-8/h1-3H,4H2,(H,13,14). The Hall–Kier alpha value is -2.35. The molecule has 1 N–H and O–H groups in total. The summed E-state index contributed by atoms with van der Waals surface area (Å²) in [6, 6.07) is 6.53. The van der Waals surface area contributed by atoms with E-state index in [0.29, 0.717) is 5.58 Å². The van der Waals surface area contributed by atoms with Gasteiger partial charge in [0.1, 0.15) is 11.9 Å². The van der Waals surface area contributed by atoms with Crippen LogP contribution in [-0.4, -0.2) is 16.1 Å². The van der Waals surface area contributed by atoms with Gasteiger partial charge >= 0.3 is 5.97 Å². The zero-order chi connectivity index (χ0) is 10.8. The van der Waals surface area contributed by atoms with Crippen LogP contribution >= 0.6 is 0 Å². The number of aromatic carboxylic acids is 1. The molecule has 1 aromatic heterocycles. The molecule has 0 saturated heterocycles. The Kier molecular flexibility index (Phi) is 2.10. The molecule has 0 bridgehead atoms. The lowest BCUT2D eigenvalue weighted by atomic mass is 10.2. The SMILES string of the molecule is N#CCc1nc2c(C(=O)O)cccc2o1. The van der Waals surface area contributed by atoms with Crippen LogP contribution in [-0.2, 0) is 6.42 Å². The van der Waals surface area contributed by atoms with E-state index in [-0.39, 0.29) is 23.4 Å². The molecule has 0 aliphatic carbocycles. The van der Waals surface area contributed by atoms with E-state index in [2.05, 4.69) is 4.98 Å². The molecule has 2 aromatic rings. The van der Waals surface area contributed by atoms with E-state index < -0.39 is 5.97 Å². The predicted molar refractivity (Wildman–Crippen MR) is 50.3 cm³/mol.